The molecule has 2 aliphatic rings. The number of nitrogens with zero attached hydrogens (tertiary/aromatic N) is 2. The minimum absolute atomic E-state index is 0. The van der Waals surface area contributed by atoms with E-state index in [1.54, 1.807) is 0 Å². The Bertz CT molecular complexity index is 531. The molecule has 2 nitrogen and oxygen atoms in total. The Morgan fingerprint density at radius 3 is 3.07 bits per heavy atom. The summed E-state index contributed by atoms with van der Waals surface area (Å²) in [5.41, 5.74) is 2.62. The van der Waals surface area contributed by atoms with Crippen molar-refractivity contribution >= 4 is 30.2 Å². The van der Waals surface area contributed by atoms with Crippen LogP contribution in [-0.4, -0.2) is 13.6 Å². The first-order valence-electron chi connectivity index (χ1n) is 4.95. The molecule has 2 aliphatic heterocycles. The highest BCUT2D eigenvalue weighted by Gasteiger charge is 2.13. The summed E-state index contributed by atoms with van der Waals surface area (Å²) in [6.07, 6.45) is 7.43. The normalized spacial score (nSPS) is 15.9. The summed E-state index contributed by atoms with van der Waals surface area (Å²) in [7, 11) is 2.15. The van der Waals surface area contributed by atoms with E-state index in [9.17, 15) is 0 Å². The van der Waals surface area contributed by atoms with Gasteiger partial charge >= 0.3 is 0 Å². The number of fused-ring (bicyclic) bond motifs is 3. The van der Waals surface area contributed by atoms with Crippen molar-refractivity contribution in [2.75, 3.05) is 18.5 Å². The van der Waals surface area contributed by atoms with Gasteiger partial charge in [0.1, 0.15) is 0 Å². The molecular weight excluding hydrogens is 208 g/mol. The third-order valence-electron chi connectivity index (χ3n) is 2.89. The second kappa shape index (κ2) is 3.70. The first-order chi connectivity index (χ1) is 6.86. The van der Waals surface area contributed by atoms with Crippen LogP contribution in [0.2, 0.25) is 0 Å². The molecule has 0 atom stereocenters. The number of anilines is 1. The zero-order valence-electron chi connectivity index (χ0n) is 8.60. The molecule has 1 aromatic carbocycles. The fourth-order valence-corrected chi connectivity index (χ4v) is 2.20. The molecule has 1 aromatic rings. The highest BCUT2D eigenvalue weighted by molar-refractivity contribution is 5.85. The number of rotatable bonds is 0. The molecule has 3 rings (SSSR count). The zero-order valence-corrected chi connectivity index (χ0v) is 9.42. The molecule has 0 spiro atoms. The summed E-state index contributed by atoms with van der Waals surface area (Å²) in [6.45, 7) is 1.11. The number of hydrogen-bond acceptors (Lipinski definition) is 2. The van der Waals surface area contributed by atoms with E-state index in [0.29, 0.717) is 0 Å². The lowest BCUT2D eigenvalue weighted by Gasteiger charge is -2.24. The van der Waals surface area contributed by atoms with Gasteiger partial charge in [-0.15, -0.1) is 12.4 Å². The van der Waals surface area contributed by atoms with Crippen LogP contribution in [0.5, 0.6) is 0 Å². The molecule has 0 radical (unpaired) electrons. The number of halogens is 1. The van der Waals surface area contributed by atoms with Gasteiger partial charge in [0.05, 0.1) is 11.0 Å². The van der Waals surface area contributed by atoms with Crippen molar-refractivity contribution in [1.82, 2.24) is 0 Å². The third kappa shape index (κ3) is 1.45. The van der Waals surface area contributed by atoms with Gasteiger partial charge in [0, 0.05) is 25.4 Å². The summed E-state index contributed by atoms with van der Waals surface area (Å²) >= 11 is 0. The molecule has 0 N–H and O–H groups in total. The van der Waals surface area contributed by atoms with Crippen LogP contribution in [0, 0.1) is 0 Å². The molecule has 0 fully saturated rings. The second-order valence-corrected chi connectivity index (χ2v) is 3.80. The molecular formula is C12H13ClN2. The molecule has 0 amide bonds. The van der Waals surface area contributed by atoms with E-state index in [2.05, 4.69) is 41.2 Å². The summed E-state index contributed by atoms with van der Waals surface area (Å²) in [5, 5.41) is 2.45. The van der Waals surface area contributed by atoms with Crippen LogP contribution in [0.15, 0.2) is 23.3 Å². The van der Waals surface area contributed by atoms with Crippen LogP contribution in [0.4, 0.5) is 5.69 Å². The van der Waals surface area contributed by atoms with Crippen LogP contribution in [0.1, 0.15) is 12.0 Å². The molecule has 0 aliphatic carbocycles. The van der Waals surface area contributed by atoms with Gasteiger partial charge in [-0.1, -0.05) is 12.1 Å². The van der Waals surface area contributed by atoms with Crippen LogP contribution in [0.3, 0.4) is 0 Å². The number of benzene rings is 1. The topological polar surface area (TPSA) is 15.6 Å². The minimum Gasteiger partial charge on any atom is -0.373 e. The van der Waals surface area contributed by atoms with E-state index in [-0.39, 0.29) is 12.4 Å². The van der Waals surface area contributed by atoms with Gasteiger partial charge in [0.2, 0.25) is 0 Å². The maximum atomic E-state index is 4.32. The van der Waals surface area contributed by atoms with E-state index in [1.165, 1.54) is 16.5 Å². The summed E-state index contributed by atoms with van der Waals surface area (Å²) < 4.78 is 0. The van der Waals surface area contributed by atoms with E-state index < -0.39 is 0 Å². The molecule has 78 valence electrons. The maximum absolute atomic E-state index is 4.32. The van der Waals surface area contributed by atoms with Gasteiger partial charge in [-0.25, -0.2) is 0 Å². The molecule has 2 heterocycles. The van der Waals surface area contributed by atoms with Crippen molar-refractivity contribution in [3.63, 3.8) is 0 Å². The van der Waals surface area contributed by atoms with Crippen LogP contribution in [-0.2, 0) is 0 Å². The van der Waals surface area contributed by atoms with Gasteiger partial charge < -0.3 is 4.90 Å². The van der Waals surface area contributed by atoms with Crippen LogP contribution < -0.4 is 15.5 Å². The SMILES string of the molecule is CN1CCC=c2ccc3c(c21)C=CN=3.Cl. The van der Waals surface area contributed by atoms with Crippen molar-refractivity contribution in [1.29, 1.82) is 0 Å². The van der Waals surface area contributed by atoms with Gasteiger partial charge in [0.15, 0.2) is 0 Å². The molecule has 0 unspecified atom stereocenters. The zero-order chi connectivity index (χ0) is 9.54. The van der Waals surface area contributed by atoms with Crippen LogP contribution in [0.25, 0.3) is 12.2 Å². The largest absolute Gasteiger partial charge is 0.373 e. The number of hydrogen-bond donors (Lipinski definition) is 0. The van der Waals surface area contributed by atoms with E-state index in [4.69, 9.17) is 0 Å². The van der Waals surface area contributed by atoms with E-state index in [0.717, 1.165) is 18.3 Å². The smallest absolute Gasteiger partial charge is 0.0723 e. The van der Waals surface area contributed by atoms with Crippen molar-refractivity contribution in [2.24, 2.45) is 4.99 Å². The molecule has 0 aromatic heterocycles. The first kappa shape index (κ1) is 10.2. The second-order valence-electron chi connectivity index (χ2n) is 3.80. The molecule has 3 heteroatoms. The Hall–Kier alpha value is -1.28. The van der Waals surface area contributed by atoms with Crippen molar-refractivity contribution in [3.8, 4) is 0 Å². The highest BCUT2D eigenvalue weighted by atomic mass is 35.5. The van der Waals surface area contributed by atoms with Gasteiger partial charge in [-0.05, 0) is 23.8 Å². The monoisotopic (exact) mass is 220 g/mol. The molecule has 15 heavy (non-hydrogen) atoms. The predicted octanol–water partition coefficient (Wildman–Crippen LogP) is 1.33. The predicted molar refractivity (Wildman–Crippen MR) is 65.9 cm³/mol. The van der Waals surface area contributed by atoms with Crippen molar-refractivity contribution in [3.05, 3.63) is 34.5 Å². The fraction of sp³-hybridized carbons (Fsp3) is 0.250. The minimum atomic E-state index is 0. The van der Waals surface area contributed by atoms with Crippen molar-refractivity contribution < 1.29 is 0 Å². The van der Waals surface area contributed by atoms with Crippen molar-refractivity contribution in [2.45, 2.75) is 6.42 Å². The van der Waals surface area contributed by atoms with Gasteiger partial charge in [-0.3, -0.25) is 4.99 Å². The van der Waals surface area contributed by atoms with Gasteiger partial charge in [0.25, 0.3) is 0 Å². The maximum Gasteiger partial charge on any atom is 0.0723 e. The average Bonchev–Trinajstić information content (AvgIpc) is 2.65. The Labute approximate surface area is 95.0 Å². The fourth-order valence-electron chi connectivity index (χ4n) is 2.20. The van der Waals surface area contributed by atoms with Crippen LogP contribution >= 0.6 is 12.4 Å². The van der Waals surface area contributed by atoms with E-state index in [1.807, 2.05) is 6.20 Å². The highest BCUT2D eigenvalue weighted by Crippen LogP contribution is 2.18. The molecule has 0 bridgehead atoms. The average molecular weight is 221 g/mol. The standard InChI is InChI=1S/C12H12N2.ClH/c1-14-8-2-3-9-4-5-11-10(12(9)14)6-7-13-11;/h3-7H,2,8H2,1H3;1H. The first-order valence-corrected chi connectivity index (χ1v) is 4.95. The Morgan fingerprint density at radius 1 is 1.33 bits per heavy atom. The molecule has 0 saturated heterocycles. The Morgan fingerprint density at radius 2 is 2.20 bits per heavy atom. The Balaban J connectivity index is 0.000000853. The Kier molecular flexibility index (Phi) is 2.53. The summed E-state index contributed by atoms with van der Waals surface area (Å²) in [5.74, 6) is 0. The molecule has 0 saturated carbocycles. The van der Waals surface area contributed by atoms with E-state index >= 15 is 0 Å². The lowest BCUT2D eigenvalue weighted by atomic mass is 10.1. The van der Waals surface area contributed by atoms with Gasteiger partial charge in [-0.2, -0.15) is 0 Å². The third-order valence-corrected chi connectivity index (χ3v) is 2.89. The summed E-state index contributed by atoms with van der Waals surface area (Å²) in [4.78, 5) is 6.64. The quantitative estimate of drug-likeness (QED) is 0.644. The lowest BCUT2D eigenvalue weighted by Crippen LogP contribution is -2.31. The lowest BCUT2D eigenvalue weighted by molar-refractivity contribution is 0.892. The summed E-state index contributed by atoms with van der Waals surface area (Å²) in [6, 6.07) is 4.27.